The van der Waals surface area contributed by atoms with Crippen molar-refractivity contribution in [3.63, 3.8) is 0 Å². The topological polar surface area (TPSA) is 79.7 Å². The Balaban J connectivity index is 1.74. The molecule has 2 fully saturated rings. The minimum atomic E-state index is -0.815. The predicted molar refractivity (Wildman–Crippen MR) is 122 cm³/mol. The Morgan fingerprint density at radius 2 is 1.19 bits per heavy atom. The number of ether oxygens (including phenoxy) is 3. The summed E-state index contributed by atoms with van der Waals surface area (Å²) in [7, 11) is 0. The lowest BCUT2D eigenvalue weighted by atomic mass is 9.91. The lowest BCUT2D eigenvalue weighted by Crippen LogP contribution is -2.47. The SMILES string of the molecule is NCCc1cccc(C2(OC3(c4cccc(CCN)c4)CCCCO3)CCCCO2)c1. The lowest BCUT2D eigenvalue weighted by Gasteiger charge is -2.47. The molecule has 2 aromatic carbocycles. The van der Waals surface area contributed by atoms with E-state index in [0.717, 1.165) is 62.5 Å². The van der Waals surface area contributed by atoms with Crippen LogP contribution < -0.4 is 11.5 Å². The van der Waals surface area contributed by atoms with Gasteiger partial charge in [0.25, 0.3) is 0 Å². The first kappa shape index (κ1) is 22.4. The smallest absolute Gasteiger partial charge is 0.198 e. The summed E-state index contributed by atoms with van der Waals surface area (Å²) < 4.78 is 20.0. The third kappa shape index (κ3) is 5.02. The molecule has 2 aliphatic rings. The lowest BCUT2D eigenvalue weighted by molar-refractivity contribution is -0.392. The summed E-state index contributed by atoms with van der Waals surface area (Å²) in [5, 5.41) is 0. The summed E-state index contributed by atoms with van der Waals surface area (Å²) in [6.45, 7) is 2.62. The van der Waals surface area contributed by atoms with Crippen LogP contribution in [0.2, 0.25) is 0 Å². The van der Waals surface area contributed by atoms with Gasteiger partial charge in [0.2, 0.25) is 0 Å². The standard InChI is InChI=1S/C26H36N2O3/c27-15-11-21-7-5-9-23(19-21)25(13-1-3-17-29-25)31-26(14-2-4-18-30-26)24-10-6-8-22(20-24)12-16-28/h5-10,19-20H,1-4,11-18,27-28H2. The highest BCUT2D eigenvalue weighted by atomic mass is 16.8. The molecule has 2 saturated heterocycles. The van der Waals surface area contributed by atoms with E-state index in [9.17, 15) is 0 Å². The Morgan fingerprint density at radius 1 is 0.710 bits per heavy atom. The Morgan fingerprint density at radius 3 is 1.58 bits per heavy atom. The van der Waals surface area contributed by atoms with Gasteiger partial charge in [-0.25, -0.2) is 0 Å². The van der Waals surface area contributed by atoms with Gasteiger partial charge >= 0.3 is 0 Å². The Bertz CT molecular complexity index is 773. The highest BCUT2D eigenvalue weighted by Gasteiger charge is 2.48. The maximum Gasteiger partial charge on any atom is 0.198 e. The second-order valence-corrected chi connectivity index (χ2v) is 8.70. The molecule has 2 unspecified atom stereocenters. The molecule has 0 aromatic heterocycles. The Hall–Kier alpha value is -1.76. The predicted octanol–water partition coefficient (Wildman–Crippen LogP) is 4.11. The fraction of sp³-hybridized carbons (Fsp3) is 0.538. The van der Waals surface area contributed by atoms with E-state index in [4.69, 9.17) is 25.7 Å². The molecule has 31 heavy (non-hydrogen) atoms. The van der Waals surface area contributed by atoms with Gasteiger partial charge in [0.15, 0.2) is 11.6 Å². The first-order valence-corrected chi connectivity index (χ1v) is 11.8. The normalized spacial score (nSPS) is 26.6. The largest absolute Gasteiger partial charge is 0.346 e. The molecule has 2 aromatic rings. The van der Waals surface area contributed by atoms with Crippen LogP contribution in [0.25, 0.3) is 0 Å². The van der Waals surface area contributed by atoms with Crippen molar-refractivity contribution in [1.82, 2.24) is 0 Å². The van der Waals surface area contributed by atoms with Crippen molar-refractivity contribution >= 4 is 0 Å². The van der Waals surface area contributed by atoms with Crippen LogP contribution in [0.3, 0.4) is 0 Å². The highest BCUT2D eigenvalue weighted by molar-refractivity contribution is 5.30. The number of benzene rings is 2. The monoisotopic (exact) mass is 424 g/mol. The molecule has 0 bridgehead atoms. The number of nitrogens with two attached hydrogens (primary N) is 2. The number of rotatable bonds is 8. The van der Waals surface area contributed by atoms with Crippen LogP contribution in [-0.2, 0) is 38.6 Å². The Labute approximate surface area is 186 Å². The van der Waals surface area contributed by atoms with Crippen molar-refractivity contribution in [2.45, 2.75) is 62.9 Å². The van der Waals surface area contributed by atoms with Crippen LogP contribution >= 0.6 is 0 Å². The maximum atomic E-state index is 7.04. The summed E-state index contributed by atoms with van der Waals surface area (Å²) in [6.07, 6.45) is 7.52. The van der Waals surface area contributed by atoms with Gasteiger partial charge in [-0.3, -0.25) is 0 Å². The summed E-state index contributed by atoms with van der Waals surface area (Å²) in [5.74, 6) is -1.63. The van der Waals surface area contributed by atoms with Gasteiger partial charge < -0.3 is 25.7 Å². The van der Waals surface area contributed by atoms with Gasteiger partial charge in [-0.2, -0.15) is 0 Å². The van der Waals surface area contributed by atoms with Crippen molar-refractivity contribution in [2.24, 2.45) is 11.5 Å². The van der Waals surface area contributed by atoms with Gasteiger partial charge in [0.05, 0.1) is 13.2 Å². The molecule has 0 radical (unpaired) electrons. The van der Waals surface area contributed by atoms with Gasteiger partial charge in [-0.15, -0.1) is 0 Å². The fourth-order valence-corrected chi connectivity index (χ4v) is 4.80. The van der Waals surface area contributed by atoms with Crippen LogP contribution in [0, 0.1) is 0 Å². The molecular weight excluding hydrogens is 388 g/mol. The van der Waals surface area contributed by atoms with Crippen LogP contribution in [0.5, 0.6) is 0 Å². The van der Waals surface area contributed by atoms with Crippen LogP contribution in [-0.4, -0.2) is 26.3 Å². The second-order valence-electron chi connectivity index (χ2n) is 8.70. The van der Waals surface area contributed by atoms with Crippen molar-refractivity contribution in [2.75, 3.05) is 26.3 Å². The minimum absolute atomic E-state index is 0.624. The number of hydrogen-bond donors (Lipinski definition) is 2. The molecule has 2 atom stereocenters. The zero-order valence-electron chi connectivity index (χ0n) is 18.5. The molecule has 5 heteroatoms. The van der Waals surface area contributed by atoms with E-state index >= 15 is 0 Å². The molecule has 2 aliphatic heterocycles. The number of hydrogen-bond acceptors (Lipinski definition) is 5. The van der Waals surface area contributed by atoms with Gasteiger partial charge in [-0.1, -0.05) is 48.5 Å². The minimum Gasteiger partial charge on any atom is -0.346 e. The molecule has 0 spiro atoms. The third-order valence-electron chi connectivity index (χ3n) is 6.40. The molecular formula is C26H36N2O3. The first-order valence-electron chi connectivity index (χ1n) is 11.8. The van der Waals surface area contributed by atoms with Crippen molar-refractivity contribution < 1.29 is 14.2 Å². The zero-order chi connectivity index (χ0) is 21.6. The van der Waals surface area contributed by atoms with Crippen molar-refractivity contribution in [1.29, 1.82) is 0 Å². The van der Waals surface area contributed by atoms with E-state index in [1.807, 2.05) is 0 Å². The molecule has 4 N–H and O–H groups in total. The summed E-state index contributed by atoms with van der Waals surface area (Å²) in [4.78, 5) is 0. The molecule has 0 aliphatic carbocycles. The van der Waals surface area contributed by atoms with Crippen LogP contribution in [0.4, 0.5) is 0 Å². The molecule has 0 amide bonds. The van der Waals surface area contributed by atoms with Crippen molar-refractivity contribution in [3.8, 4) is 0 Å². The quantitative estimate of drug-likeness (QED) is 0.667. The van der Waals surface area contributed by atoms with E-state index in [2.05, 4.69) is 48.5 Å². The van der Waals surface area contributed by atoms with Crippen molar-refractivity contribution in [3.05, 3.63) is 70.8 Å². The highest BCUT2D eigenvalue weighted by Crippen LogP contribution is 2.47. The van der Waals surface area contributed by atoms with E-state index in [0.29, 0.717) is 26.3 Å². The van der Waals surface area contributed by atoms with Gasteiger partial charge in [0, 0.05) is 24.0 Å². The molecule has 2 heterocycles. The third-order valence-corrected chi connectivity index (χ3v) is 6.40. The molecule has 0 saturated carbocycles. The van der Waals surface area contributed by atoms with E-state index in [1.165, 1.54) is 11.1 Å². The maximum absolute atomic E-state index is 7.04. The van der Waals surface area contributed by atoms with Gasteiger partial charge in [-0.05, 0) is 62.7 Å². The van der Waals surface area contributed by atoms with E-state index in [-0.39, 0.29) is 0 Å². The summed E-state index contributed by atoms with van der Waals surface area (Å²) in [5.41, 5.74) is 16.2. The second kappa shape index (κ2) is 10.2. The molecule has 5 nitrogen and oxygen atoms in total. The average Bonchev–Trinajstić information content (AvgIpc) is 2.81. The average molecular weight is 425 g/mol. The van der Waals surface area contributed by atoms with E-state index in [1.54, 1.807) is 0 Å². The van der Waals surface area contributed by atoms with E-state index < -0.39 is 11.6 Å². The zero-order valence-corrected chi connectivity index (χ0v) is 18.5. The Kier molecular flexibility index (Phi) is 7.41. The first-order chi connectivity index (χ1) is 15.2. The summed E-state index contributed by atoms with van der Waals surface area (Å²) >= 11 is 0. The molecule has 168 valence electrons. The van der Waals surface area contributed by atoms with Crippen LogP contribution in [0.15, 0.2) is 48.5 Å². The summed E-state index contributed by atoms with van der Waals surface area (Å²) in [6, 6.07) is 17.0. The molecule has 4 rings (SSSR count). The van der Waals surface area contributed by atoms with Crippen LogP contribution in [0.1, 0.15) is 60.8 Å². The fourth-order valence-electron chi connectivity index (χ4n) is 4.80. The van der Waals surface area contributed by atoms with Gasteiger partial charge in [0.1, 0.15) is 0 Å².